The van der Waals surface area contributed by atoms with Gasteiger partial charge in [0.2, 0.25) is 0 Å². The topological polar surface area (TPSA) is 6.48 Å². The minimum atomic E-state index is -0.0121. The summed E-state index contributed by atoms with van der Waals surface area (Å²) in [6.07, 6.45) is 4.79. The molecule has 2 aliphatic carbocycles. The standard InChI is InChI=1S/C59H63BN2S/c1-36-30-49-52-50(31-36)62(47-21-17-16-20-40(47)37-18-14-13-15-19-37)48-25-22-38(55(2,3)4)32-46(48)60(52)54-53(41-34-44-45(35-51(41)63-54)59(11,12)29-28-58(44,9)10)61(49)39-23-24-42-43(33-39)57(7,8)27-26-56(42,5)6/h13-25,30-35H,26-29H2,1-12H3. The van der Waals surface area contributed by atoms with Crippen LogP contribution in [0.3, 0.4) is 0 Å². The molecule has 0 fully saturated rings. The Hall–Kier alpha value is -5.06. The zero-order valence-corrected chi connectivity index (χ0v) is 40.5. The average Bonchev–Trinajstić information content (AvgIpc) is 3.61. The molecule has 2 aliphatic heterocycles. The summed E-state index contributed by atoms with van der Waals surface area (Å²) in [5.41, 5.74) is 22.1. The second kappa shape index (κ2) is 13.5. The van der Waals surface area contributed by atoms with Crippen molar-refractivity contribution in [2.75, 3.05) is 9.80 Å². The lowest BCUT2D eigenvalue weighted by atomic mass is 9.36. The number of nitrogens with zero attached hydrogens (tertiary/aromatic N) is 2. The maximum absolute atomic E-state index is 2.72. The molecule has 0 radical (unpaired) electrons. The largest absolute Gasteiger partial charge is 0.311 e. The van der Waals surface area contributed by atoms with Gasteiger partial charge in [0, 0.05) is 43.2 Å². The molecule has 63 heavy (non-hydrogen) atoms. The molecule has 6 aromatic carbocycles. The van der Waals surface area contributed by atoms with E-state index in [1.165, 1.54) is 130 Å². The highest BCUT2D eigenvalue weighted by molar-refractivity contribution is 7.33. The number of fused-ring (bicyclic) bond motifs is 8. The van der Waals surface area contributed by atoms with Gasteiger partial charge in [-0.1, -0.05) is 143 Å². The van der Waals surface area contributed by atoms with E-state index >= 15 is 0 Å². The molecule has 0 atom stereocenters. The number of aryl methyl sites for hydroxylation is 1. The van der Waals surface area contributed by atoms with Crippen molar-refractivity contribution < 1.29 is 0 Å². The number of para-hydroxylation sites is 1. The smallest absolute Gasteiger partial charge is 0.264 e. The van der Waals surface area contributed by atoms with E-state index in [1.54, 1.807) is 0 Å². The summed E-state index contributed by atoms with van der Waals surface area (Å²) >= 11 is 2.06. The fourth-order valence-corrected chi connectivity index (χ4v) is 13.3. The Labute approximate surface area is 381 Å². The van der Waals surface area contributed by atoms with Gasteiger partial charge in [0.05, 0.1) is 11.4 Å². The van der Waals surface area contributed by atoms with Crippen molar-refractivity contribution in [1.29, 1.82) is 0 Å². The molecule has 0 saturated carbocycles. The van der Waals surface area contributed by atoms with Gasteiger partial charge in [0.15, 0.2) is 0 Å². The first-order valence-electron chi connectivity index (χ1n) is 23.6. The fourth-order valence-electron chi connectivity index (χ4n) is 11.9. The van der Waals surface area contributed by atoms with Crippen LogP contribution in [0.15, 0.2) is 115 Å². The number of hydrogen-bond donors (Lipinski definition) is 0. The molecule has 4 heteroatoms. The maximum Gasteiger partial charge on any atom is 0.264 e. The van der Waals surface area contributed by atoms with Gasteiger partial charge in [-0.05, 0) is 158 Å². The van der Waals surface area contributed by atoms with Crippen LogP contribution in [0.25, 0.3) is 21.2 Å². The first kappa shape index (κ1) is 40.7. The van der Waals surface area contributed by atoms with Gasteiger partial charge in [-0.3, -0.25) is 0 Å². The summed E-state index contributed by atoms with van der Waals surface area (Å²) in [5.74, 6) is 0. The minimum Gasteiger partial charge on any atom is -0.311 e. The number of hydrogen-bond acceptors (Lipinski definition) is 3. The Morgan fingerprint density at radius 3 is 1.79 bits per heavy atom. The third-order valence-corrected chi connectivity index (χ3v) is 17.2. The van der Waals surface area contributed by atoms with E-state index in [-0.39, 0.29) is 33.8 Å². The third-order valence-electron chi connectivity index (χ3n) is 16.0. The second-order valence-electron chi connectivity index (χ2n) is 23.2. The lowest BCUT2D eigenvalue weighted by Gasteiger charge is -2.45. The summed E-state index contributed by atoms with van der Waals surface area (Å²) in [6, 6.07) is 45.3. The molecule has 0 spiro atoms. The molecule has 7 aromatic rings. The molecule has 0 N–H and O–H groups in total. The Kier molecular flexibility index (Phi) is 8.72. The van der Waals surface area contributed by atoms with Crippen LogP contribution < -0.4 is 25.5 Å². The Bertz CT molecular complexity index is 3030. The molecular formula is C59H63BN2S. The Balaban J connectivity index is 1.27. The lowest BCUT2D eigenvalue weighted by molar-refractivity contribution is 0.332. The molecule has 11 rings (SSSR count). The van der Waals surface area contributed by atoms with Crippen LogP contribution >= 0.6 is 11.3 Å². The van der Waals surface area contributed by atoms with Gasteiger partial charge < -0.3 is 9.80 Å². The van der Waals surface area contributed by atoms with Crippen LogP contribution in [-0.2, 0) is 27.1 Å². The highest BCUT2D eigenvalue weighted by atomic mass is 32.1. The van der Waals surface area contributed by atoms with E-state index in [0.29, 0.717) is 0 Å². The van der Waals surface area contributed by atoms with Crippen molar-refractivity contribution >= 4 is 78.0 Å². The quantitative estimate of drug-likeness (QED) is 0.164. The fraction of sp³-hybridized carbons (Fsp3) is 0.356. The van der Waals surface area contributed by atoms with E-state index in [0.717, 1.165) is 0 Å². The van der Waals surface area contributed by atoms with E-state index in [4.69, 9.17) is 0 Å². The van der Waals surface area contributed by atoms with Crippen LogP contribution in [0, 0.1) is 6.92 Å². The Morgan fingerprint density at radius 1 is 0.540 bits per heavy atom. The van der Waals surface area contributed by atoms with Crippen molar-refractivity contribution in [3.63, 3.8) is 0 Å². The first-order valence-corrected chi connectivity index (χ1v) is 24.4. The molecule has 4 aliphatic rings. The van der Waals surface area contributed by atoms with E-state index in [2.05, 4.69) is 219 Å². The number of rotatable bonds is 3. The monoisotopic (exact) mass is 842 g/mol. The molecule has 0 saturated heterocycles. The van der Waals surface area contributed by atoms with Crippen LogP contribution in [0.5, 0.6) is 0 Å². The summed E-state index contributed by atoms with van der Waals surface area (Å²) in [6.45, 7) is 29.2. The molecule has 0 amide bonds. The predicted molar refractivity (Wildman–Crippen MR) is 275 cm³/mol. The molecule has 3 heterocycles. The van der Waals surface area contributed by atoms with Gasteiger partial charge in [0.1, 0.15) is 0 Å². The summed E-state index contributed by atoms with van der Waals surface area (Å²) in [5, 5.41) is 1.40. The van der Waals surface area contributed by atoms with Crippen LogP contribution in [0.2, 0.25) is 0 Å². The van der Waals surface area contributed by atoms with Gasteiger partial charge in [-0.2, -0.15) is 0 Å². The Morgan fingerprint density at radius 2 is 1.13 bits per heavy atom. The van der Waals surface area contributed by atoms with Crippen molar-refractivity contribution in [3.05, 3.63) is 149 Å². The zero-order valence-electron chi connectivity index (χ0n) is 39.7. The lowest BCUT2D eigenvalue weighted by Crippen LogP contribution is -2.60. The van der Waals surface area contributed by atoms with E-state index in [1.807, 2.05) is 0 Å². The predicted octanol–water partition coefficient (Wildman–Crippen LogP) is 15.0. The summed E-state index contributed by atoms with van der Waals surface area (Å²) < 4.78 is 2.87. The molecule has 1 aromatic heterocycles. The number of benzene rings is 6. The normalized spacial score (nSPS) is 18.6. The summed E-state index contributed by atoms with van der Waals surface area (Å²) in [4.78, 5) is 5.34. The van der Waals surface area contributed by atoms with Crippen LogP contribution in [0.1, 0.15) is 135 Å². The maximum atomic E-state index is 2.72. The summed E-state index contributed by atoms with van der Waals surface area (Å²) in [7, 11) is 0. The molecule has 318 valence electrons. The second-order valence-corrected chi connectivity index (χ2v) is 24.3. The minimum absolute atomic E-state index is 0.0121. The highest BCUT2D eigenvalue weighted by Crippen LogP contribution is 2.54. The van der Waals surface area contributed by atoms with Crippen molar-refractivity contribution in [2.45, 2.75) is 136 Å². The highest BCUT2D eigenvalue weighted by Gasteiger charge is 2.48. The van der Waals surface area contributed by atoms with E-state index < -0.39 is 0 Å². The molecule has 0 bridgehead atoms. The van der Waals surface area contributed by atoms with Gasteiger partial charge in [0.25, 0.3) is 6.71 Å². The number of anilines is 6. The van der Waals surface area contributed by atoms with Crippen molar-refractivity contribution in [3.8, 4) is 11.1 Å². The van der Waals surface area contributed by atoms with Gasteiger partial charge in [-0.25, -0.2) is 0 Å². The van der Waals surface area contributed by atoms with Crippen molar-refractivity contribution in [1.82, 2.24) is 0 Å². The van der Waals surface area contributed by atoms with Crippen LogP contribution in [0.4, 0.5) is 34.1 Å². The van der Waals surface area contributed by atoms with Crippen LogP contribution in [-0.4, -0.2) is 6.71 Å². The zero-order chi connectivity index (χ0) is 44.2. The van der Waals surface area contributed by atoms with E-state index in [9.17, 15) is 0 Å². The SMILES string of the molecule is Cc1cc2c3c(c1)N(c1ccc4c(c1)C(C)(C)CCC4(C)C)c1c(sc4cc5c(cc14)C(C)(C)CCC5(C)C)B3c1cc(C(C)(C)C)ccc1N2c1ccccc1-c1ccccc1. The van der Waals surface area contributed by atoms with Gasteiger partial charge >= 0.3 is 0 Å². The van der Waals surface area contributed by atoms with Gasteiger partial charge in [-0.15, -0.1) is 11.3 Å². The molecule has 0 unspecified atom stereocenters. The number of thiophene rings is 1. The molecular weight excluding hydrogens is 780 g/mol. The average molecular weight is 843 g/mol. The molecule has 2 nitrogen and oxygen atoms in total. The van der Waals surface area contributed by atoms with Crippen molar-refractivity contribution in [2.24, 2.45) is 0 Å². The third kappa shape index (κ3) is 6.10. The first-order chi connectivity index (χ1) is 29.7.